The lowest BCUT2D eigenvalue weighted by Crippen LogP contribution is -2.50. The molecule has 6 rings (SSSR count). The number of nitrogens with one attached hydrogen (secondary N) is 1. The molecular weight excluding hydrogens is 384 g/mol. The van der Waals surface area contributed by atoms with Crippen LogP contribution in [0.5, 0.6) is 5.75 Å². The quantitative estimate of drug-likeness (QED) is 0.796. The number of methoxy groups -OCH3 is 1. The van der Waals surface area contributed by atoms with Crippen LogP contribution in [0.2, 0.25) is 0 Å². The number of ether oxygens (including phenoxy) is 1. The fourth-order valence-electron chi connectivity index (χ4n) is 6.82. The van der Waals surface area contributed by atoms with Gasteiger partial charge in [-0.05, 0) is 105 Å². The Hall–Kier alpha value is -1.82. The van der Waals surface area contributed by atoms with E-state index < -0.39 is 10.0 Å². The van der Waals surface area contributed by atoms with Crippen LogP contribution in [-0.2, 0) is 10.0 Å². The number of sulfonamides is 1. The van der Waals surface area contributed by atoms with Gasteiger partial charge in [-0.1, -0.05) is 0 Å². The van der Waals surface area contributed by atoms with Gasteiger partial charge in [-0.15, -0.1) is 0 Å². The average molecular weight is 415 g/mol. The summed E-state index contributed by atoms with van der Waals surface area (Å²) in [5, 5.41) is 0. The minimum Gasteiger partial charge on any atom is -0.497 e. The van der Waals surface area contributed by atoms with E-state index in [4.69, 9.17) is 9.73 Å². The van der Waals surface area contributed by atoms with Crippen LogP contribution in [0.4, 0.5) is 0 Å². The highest BCUT2D eigenvalue weighted by molar-refractivity contribution is 8.00. The molecule has 1 heterocycles. The van der Waals surface area contributed by atoms with E-state index in [1.807, 2.05) is 6.92 Å². The average Bonchev–Trinajstić information content (AvgIpc) is 2.89. The summed E-state index contributed by atoms with van der Waals surface area (Å²) in [4.78, 5) is 5.33. The zero-order chi connectivity index (χ0) is 20.4. The maximum atomic E-state index is 12.9. The summed E-state index contributed by atoms with van der Waals surface area (Å²) in [6.07, 6.45) is 7.98. The van der Waals surface area contributed by atoms with Gasteiger partial charge in [-0.3, -0.25) is 9.71 Å². The molecule has 1 aliphatic heterocycles. The summed E-state index contributed by atoms with van der Waals surface area (Å²) in [6, 6.07) is 7.31. The van der Waals surface area contributed by atoms with Crippen LogP contribution in [0.1, 0.15) is 57.9 Å². The summed E-state index contributed by atoms with van der Waals surface area (Å²) >= 11 is 0. The van der Waals surface area contributed by atoms with E-state index in [0.717, 1.165) is 17.8 Å². The Morgan fingerprint density at radius 3 is 2.14 bits per heavy atom. The predicted octanol–water partition coefficient (Wildman–Crippen LogP) is 4.36. The highest BCUT2D eigenvalue weighted by Crippen LogP contribution is 2.61. The predicted molar refractivity (Wildman–Crippen MR) is 115 cm³/mol. The van der Waals surface area contributed by atoms with E-state index in [-0.39, 0.29) is 11.5 Å². The first kappa shape index (κ1) is 19.2. The number of hydrogen-bond acceptors (Lipinski definition) is 4. The van der Waals surface area contributed by atoms with Crippen molar-refractivity contribution in [3.05, 3.63) is 35.4 Å². The van der Waals surface area contributed by atoms with Gasteiger partial charge >= 0.3 is 0 Å². The highest BCUT2D eigenvalue weighted by atomic mass is 32.2. The number of hydrogen-bond donors (Lipinski definition) is 1. The minimum absolute atomic E-state index is 0.138. The Labute approximate surface area is 173 Å². The summed E-state index contributed by atoms with van der Waals surface area (Å²) in [6.45, 7) is 4.06. The lowest BCUT2D eigenvalue weighted by molar-refractivity contribution is -0.0633. The third-order valence-electron chi connectivity index (χ3n) is 7.84. The molecular formula is C23H30N2O3S. The largest absolute Gasteiger partial charge is 0.497 e. The molecule has 29 heavy (non-hydrogen) atoms. The fourth-order valence-corrected chi connectivity index (χ4v) is 8.33. The Balaban J connectivity index is 1.48. The van der Waals surface area contributed by atoms with Crippen molar-refractivity contribution < 1.29 is 13.2 Å². The van der Waals surface area contributed by atoms with Crippen molar-refractivity contribution in [2.24, 2.45) is 28.2 Å². The van der Waals surface area contributed by atoms with Crippen LogP contribution in [0.25, 0.3) is 4.91 Å². The van der Waals surface area contributed by atoms with Gasteiger partial charge in [-0.25, -0.2) is 8.42 Å². The Kier molecular flexibility index (Phi) is 4.36. The Bertz CT molecular complexity index is 956. The lowest BCUT2D eigenvalue weighted by atomic mass is 9.48. The molecule has 1 unspecified atom stereocenters. The summed E-state index contributed by atoms with van der Waals surface area (Å²) in [7, 11) is -2.00. The molecule has 0 aromatic heterocycles. The van der Waals surface area contributed by atoms with Crippen LogP contribution in [-0.4, -0.2) is 27.4 Å². The van der Waals surface area contributed by atoms with Gasteiger partial charge in [0.15, 0.2) is 0 Å². The number of benzene rings is 1. The Morgan fingerprint density at radius 1 is 1.07 bits per heavy atom. The molecule has 156 valence electrons. The number of rotatable bonds is 4. The molecule has 0 radical (unpaired) electrons. The fraction of sp³-hybridized carbons (Fsp3) is 0.609. The molecule has 4 fully saturated rings. The van der Waals surface area contributed by atoms with Gasteiger partial charge in [-0.2, -0.15) is 0 Å². The van der Waals surface area contributed by atoms with E-state index >= 15 is 0 Å². The summed E-state index contributed by atoms with van der Waals surface area (Å²) < 4.78 is 33.7. The number of amidine groups is 1. The van der Waals surface area contributed by atoms with Crippen LogP contribution >= 0.6 is 0 Å². The third kappa shape index (κ3) is 3.11. The second-order valence-electron chi connectivity index (χ2n) is 9.72. The molecule has 0 saturated heterocycles. The van der Waals surface area contributed by atoms with Crippen molar-refractivity contribution in [2.75, 3.05) is 7.11 Å². The van der Waals surface area contributed by atoms with Crippen LogP contribution in [0.3, 0.4) is 0 Å². The highest BCUT2D eigenvalue weighted by Gasteiger charge is 2.53. The molecule has 1 aromatic carbocycles. The molecule has 1 atom stereocenters. The summed E-state index contributed by atoms with van der Waals surface area (Å²) in [5.74, 6) is 3.81. The van der Waals surface area contributed by atoms with E-state index in [9.17, 15) is 8.42 Å². The number of nitrogens with zero attached hydrogens (tertiary/aromatic N) is 1. The molecule has 5 aliphatic rings. The second kappa shape index (κ2) is 6.59. The molecule has 0 spiro atoms. The first-order valence-corrected chi connectivity index (χ1v) is 12.2. The normalized spacial score (nSPS) is 37.1. The maximum absolute atomic E-state index is 12.9. The van der Waals surface area contributed by atoms with Crippen molar-refractivity contribution >= 4 is 20.8 Å². The topological polar surface area (TPSA) is 67.8 Å². The molecule has 1 N–H and O–H groups in total. The smallest absolute Gasteiger partial charge is 0.264 e. The lowest BCUT2D eigenvalue weighted by Gasteiger charge is -2.58. The third-order valence-corrected chi connectivity index (χ3v) is 9.38. The molecule has 5 nitrogen and oxygen atoms in total. The second-order valence-corrected chi connectivity index (χ2v) is 11.3. The van der Waals surface area contributed by atoms with Gasteiger partial charge in [0.25, 0.3) is 10.0 Å². The first-order chi connectivity index (χ1) is 13.8. The van der Waals surface area contributed by atoms with Crippen LogP contribution in [0, 0.1) is 23.2 Å². The summed E-state index contributed by atoms with van der Waals surface area (Å²) in [5.41, 5.74) is 1.64. The molecule has 4 aliphatic carbocycles. The minimum atomic E-state index is -3.60. The van der Waals surface area contributed by atoms with Crippen molar-refractivity contribution in [3.63, 3.8) is 0 Å². The van der Waals surface area contributed by atoms with Crippen LogP contribution in [0.15, 0.2) is 34.8 Å². The number of aliphatic imine (C=N–C) groups is 1. The molecule has 4 bridgehead atoms. The Morgan fingerprint density at radius 2 is 1.62 bits per heavy atom. The van der Waals surface area contributed by atoms with Gasteiger partial charge in [0.05, 0.1) is 13.2 Å². The molecule has 4 saturated carbocycles. The van der Waals surface area contributed by atoms with Gasteiger partial charge in [0.2, 0.25) is 0 Å². The van der Waals surface area contributed by atoms with Crippen molar-refractivity contribution in [2.45, 2.75) is 58.4 Å². The van der Waals surface area contributed by atoms with Gasteiger partial charge < -0.3 is 4.74 Å². The van der Waals surface area contributed by atoms with Crippen molar-refractivity contribution in [1.29, 1.82) is 0 Å². The molecule has 0 amide bonds. The van der Waals surface area contributed by atoms with E-state index in [0.29, 0.717) is 27.6 Å². The van der Waals surface area contributed by atoms with Crippen molar-refractivity contribution in [3.8, 4) is 5.75 Å². The zero-order valence-electron chi connectivity index (χ0n) is 17.4. The van der Waals surface area contributed by atoms with Crippen LogP contribution < -0.4 is 9.46 Å². The molecule has 1 aromatic rings. The van der Waals surface area contributed by atoms with Gasteiger partial charge in [0, 0.05) is 5.57 Å². The van der Waals surface area contributed by atoms with E-state index in [1.165, 1.54) is 38.5 Å². The SMILES string of the molecule is COc1ccc(C2=C(C)C(=NC(C)C34CC5CC(CC(C5)C3)C4)NS2(=O)=O)cc1. The van der Waals surface area contributed by atoms with E-state index in [1.54, 1.807) is 31.4 Å². The first-order valence-electron chi connectivity index (χ1n) is 10.8. The maximum Gasteiger partial charge on any atom is 0.264 e. The van der Waals surface area contributed by atoms with Crippen molar-refractivity contribution in [1.82, 2.24) is 4.72 Å². The van der Waals surface area contributed by atoms with Gasteiger partial charge in [0.1, 0.15) is 16.5 Å². The standard InChI is InChI=1S/C23H30N2O3S/c1-14-21(19-4-6-20(28-3)7-5-19)29(26,27)25-22(14)24-15(2)23-11-16-8-17(12-23)10-18(9-16)13-23/h4-7,15-18H,8-13H2,1-3H3,(H,24,25). The van der Waals surface area contributed by atoms with E-state index in [2.05, 4.69) is 11.6 Å². The zero-order valence-corrected chi connectivity index (χ0v) is 18.3. The molecule has 6 heteroatoms. The monoisotopic (exact) mass is 414 g/mol.